The molecule has 0 unspecified atom stereocenters. The van der Waals surface area contributed by atoms with Crippen molar-refractivity contribution in [3.8, 4) is 22.0 Å². The third kappa shape index (κ3) is 3.87. The van der Waals surface area contributed by atoms with Crippen LogP contribution in [0.15, 0.2) is 48.4 Å². The molecule has 31 heavy (non-hydrogen) atoms. The molecule has 0 spiro atoms. The van der Waals surface area contributed by atoms with Crippen LogP contribution in [0.2, 0.25) is 0 Å². The molecule has 4 heterocycles. The number of aromatic nitrogens is 6. The summed E-state index contributed by atoms with van der Waals surface area (Å²) >= 11 is 1.40. The topological polar surface area (TPSA) is 105 Å². The first-order valence-electron chi connectivity index (χ1n) is 10.0. The maximum absolute atomic E-state index is 12.9. The van der Waals surface area contributed by atoms with E-state index in [-0.39, 0.29) is 5.91 Å². The number of hydrogen-bond acceptors (Lipinski definition) is 7. The molecule has 0 saturated heterocycles. The first-order chi connectivity index (χ1) is 15.1. The number of carbonyl (C=O) groups excluding carboxylic acids is 1. The lowest BCUT2D eigenvalue weighted by atomic mass is 9.86. The molecule has 0 radical (unpaired) electrons. The second-order valence-corrected chi connectivity index (χ2v) is 8.67. The van der Waals surface area contributed by atoms with Gasteiger partial charge in [0.2, 0.25) is 0 Å². The van der Waals surface area contributed by atoms with E-state index < -0.39 is 0 Å². The molecule has 0 bridgehead atoms. The van der Waals surface area contributed by atoms with Gasteiger partial charge in [0.05, 0.1) is 23.6 Å². The van der Waals surface area contributed by atoms with Gasteiger partial charge in [-0.1, -0.05) is 6.07 Å². The second-order valence-electron chi connectivity index (χ2n) is 7.81. The lowest BCUT2D eigenvalue weighted by molar-refractivity contribution is 0.102. The molecule has 1 aliphatic carbocycles. The quantitative estimate of drug-likeness (QED) is 0.482. The van der Waals surface area contributed by atoms with Gasteiger partial charge in [-0.3, -0.25) is 19.6 Å². The van der Waals surface area contributed by atoms with Crippen LogP contribution in [0, 0.1) is 0 Å². The minimum absolute atomic E-state index is 0.275. The van der Waals surface area contributed by atoms with Crippen molar-refractivity contribution in [1.29, 1.82) is 0 Å². The molecule has 5 rings (SSSR count). The smallest absolute Gasteiger partial charge is 0.275 e. The Hall–Kier alpha value is -3.37. The van der Waals surface area contributed by atoms with Crippen molar-refractivity contribution in [3.05, 3.63) is 54.1 Å². The lowest BCUT2D eigenvalue weighted by Gasteiger charge is -2.39. The van der Waals surface area contributed by atoms with E-state index in [1.807, 2.05) is 29.1 Å². The number of thiazole rings is 1. The van der Waals surface area contributed by atoms with Crippen molar-refractivity contribution in [2.45, 2.75) is 24.9 Å². The van der Waals surface area contributed by atoms with Crippen LogP contribution in [0.3, 0.4) is 0 Å². The van der Waals surface area contributed by atoms with Gasteiger partial charge in [-0.15, -0.1) is 11.3 Å². The van der Waals surface area contributed by atoms with Crippen LogP contribution in [0.5, 0.6) is 0 Å². The van der Waals surface area contributed by atoms with E-state index >= 15 is 0 Å². The summed E-state index contributed by atoms with van der Waals surface area (Å²) in [5.74, 6) is -0.275. The van der Waals surface area contributed by atoms with Gasteiger partial charge in [-0.2, -0.15) is 10.2 Å². The van der Waals surface area contributed by atoms with Gasteiger partial charge in [-0.05, 0) is 39.1 Å². The predicted molar refractivity (Wildman–Crippen MR) is 119 cm³/mol. The number of hydrogen-bond donors (Lipinski definition) is 2. The van der Waals surface area contributed by atoms with E-state index in [4.69, 9.17) is 5.10 Å². The first kappa shape index (κ1) is 19.6. The highest BCUT2D eigenvalue weighted by Gasteiger charge is 2.33. The minimum atomic E-state index is -0.275. The Morgan fingerprint density at radius 1 is 1.32 bits per heavy atom. The molecule has 4 aromatic rings. The molecule has 9 nitrogen and oxygen atoms in total. The third-order valence-corrected chi connectivity index (χ3v) is 6.45. The zero-order valence-corrected chi connectivity index (χ0v) is 18.0. The molecule has 1 saturated carbocycles. The number of nitrogens with one attached hydrogen (secondary N) is 2. The molecule has 2 N–H and O–H groups in total. The highest BCUT2D eigenvalue weighted by atomic mass is 32.1. The summed E-state index contributed by atoms with van der Waals surface area (Å²) in [6.45, 7) is 0. The Morgan fingerprint density at radius 2 is 2.19 bits per heavy atom. The molecular formula is C21H22N8OS. The van der Waals surface area contributed by atoms with Gasteiger partial charge in [0, 0.05) is 35.6 Å². The van der Waals surface area contributed by atoms with Crippen molar-refractivity contribution in [2.24, 2.45) is 0 Å². The summed E-state index contributed by atoms with van der Waals surface area (Å²) in [6, 6.07) is 6.54. The summed E-state index contributed by atoms with van der Waals surface area (Å²) in [5, 5.41) is 17.0. The highest BCUT2D eigenvalue weighted by Crippen LogP contribution is 2.37. The fourth-order valence-electron chi connectivity index (χ4n) is 3.62. The molecule has 158 valence electrons. The number of pyridine rings is 1. The molecule has 1 amide bonds. The Kier molecular flexibility index (Phi) is 5.08. The van der Waals surface area contributed by atoms with Crippen LogP contribution in [0.1, 0.15) is 29.4 Å². The molecule has 1 fully saturated rings. The van der Waals surface area contributed by atoms with E-state index in [9.17, 15) is 4.79 Å². The average molecular weight is 435 g/mol. The second kappa shape index (κ2) is 8.05. The van der Waals surface area contributed by atoms with E-state index in [2.05, 4.69) is 44.5 Å². The molecule has 4 aromatic heterocycles. The number of amides is 1. The maximum Gasteiger partial charge on any atom is 0.275 e. The van der Waals surface area contributed by atoms with Gasteiger partial charge in [-0.25, -0.2) is 4.98 Å². The first-order valence-corrected chi connectivity index (χ1v) is 10.9. The average Bonchev–Trinajstić information content (AvgIpc) is 3.48. The summed E-state index contributed by atoms with van der Waals surface area (Å²) in [4.78, 5) is 24.0. The molecule has 0 aromatic carbocycles. The Labute approximate surface area is 183 Å². The number of anilines is 1. The highest BCUT2D eigenvalue weighted by molar-refractivity contribution is 7.13. The molecule has 1 aliphatic rings. The fraction of sp³-hybridized carbons (Fsp3) is 0.286. The lowest BCUT2D eigenvalue weighted by Crippen LogP contribution is -2.41. The number of aromatic amines is 1. The Balaban J connectivity index is 1.40. The summed E-state index contributed by atoms with van der Waals surface area (Å²) in [6.07, 6.45) is 9.13. The number of carbonyl (C=O) groups is 1. The monoisotopic (exact) mass is 434 g/mol. The zero-order valence-electron chi connectivity index (χ0n) is 17.2. The van der Waals surface area contributed by atoms with Crippen molar-refractivity contribution in [2.75, 3.05) is 19.4 Å². The van der Waals surface area contributed by atoms with Crippen molar-refractivity contribution < 1.29 is 4.79 Å². The Morgan fingerprint density at radius 3 is 2.90 bits per heavy atom. The summed E-state index contributed by atoms with van der Waals surface area (Å²) in [7, 11) is 4.20. The number of H-pyrrole nitrogens is 1. The van der Waals surface area contributed by atoms with Crippen LogP contribution in [0.25, 0.3) is 22.0 Å². The van der Waals surface area contributed by atoms with Crippen LogP contribution >= 0.6 is 11.3 Å². The van der Waals surface area contributed by atoms with Crippen LogP contribution in [0.4, 0.5) is 5.69 Å². The third-order valence-electron chi connectivity index (χ3n) is 5.56. The van der Waals surface area contributed by atoms with Gasteiger partial charge < -0.3 is 10.2 Å². The zero-order chi connectivity index (χ0) is 21.4. The number of rotatable bonds is 6. The van der Waals surface area contributed by atoms with Crippen LogP contribution < -0.4 is 5.32 Å². The molecule has 0 aliphatic heterocycles. The van der Waals surface area contributed by atoms with E-state index in [1.165, 1.54) is 11.3 Å². The minimum Gasteiger partial charge on any atom is -0.317 e. The van der Waals surface area contributed by atoms with Crippen molar-refractivity contribution >= 4 is 22.9 Å². The van der Waals surface area contributed by atoms with Gasteiger partial charge in [0.15, 0.2) is 0 Å². The fourth-order valence-corrected chi connectivity index (χ4v) is 4.41. The molecular weight excluding hydrogens is 412 g/mol. The van der Waals surface area contributed by atoms with Crippen molar-refractivity contribution in [3.63, 3.8) is 0 Å². The van der Waals surface area contributed by atoms with Gasteiger partial charge >= 0.3 is 0 Å². The maximum atomic E-state index is 12.9. The van der Waals surface area contributed by atoms with E-state index in [0.29, 0.717) is 29.2 Å². The molecule has 10 heteroatoms. The summed E-state index contributed by atoms with van der Waals surface area (Å²) < 4.78 is 1.96. The Bertz CT molecular complexity index is 1180. The predicted octanol–water partition coefficient (Wildman–Crippen LogP) is 3.31. The van der Waals surface area contributed by atoms with Crippen LogP contribution in [-0.4, -0.2) is 60.9 Å². The van der Waals surface area contributed by atoms with E-state index in [1.54, 1.807) is 24.0 Å². The van der Waals surface area contributed by atoms with Crippen molar-refractivity contribution in [1.82, 2.24) is 34.8 Å². The van der Waals surface area contributed by atoms with E-state index in [0.717, 1.165) is 29.1 Å². The summed E-state index contributed by atoms with van der Waals surface area (Å²) in [5.41, 5.74) is 3.23. The van der Waals surface area contributed by atoms with Gasteiger partial charge in [0.1, 0.15) is 16.4 Å². The largest absolute Gasteiger partial charge is 0.317 e. The van der Waals surface area contributed by atoms with Crippen LogP contribution in [-0.2, 0) is 0 Å². The normalized spacial score (nSPS) is 18.2. The number of nitrogens with zero attached hydrogens (tertiary/aromatic N) is 6. The molecule has 0 atom stereocenters. The standard InChI is InChI=1S/C21H22N8OS/c1-28(2)14-7-15(8-14)29-11-17(19(27-29)16-5-3-4-6-22-16)25-20(30)18-12-31-21(26-18)13-9-23-24-10-13/h3-6,9-12,14-15H,7-8H2,1-2H3,(H,23,24)(H,25,30)/t14-,15-. The van der Waals surface area contributed by atoms with Gasteiger partial charge in [0.25, 0.3) is 5.91 Å². The SMILES string of the molecule is CN(C)[C@H]1C[C@H](n2cc(NC(=O)c3csc(-c4cn[nH]c4)n3)c(-c3ccccn3)n2)C1.